The molecule has 18 heavy (non-hydrogen) atoms. The largest absolute Gasteiger partial charge is 0.488 e. The highest BCUT2D eigenvalue weighted by atomic mass is 35.5. The van der Waals surface area contributed by atoms with Crippen molar-refractivity contribution in [2.45, 2.75) is 45.8 Å². The minimum atomic E-state index is 0.0570. The number of ether oxygens (including phenoxy) is 1. The van der Waals surface area contributed by atoms with Crippen molar-refractivity contribution in [2.75, 3.05) is 6.54 Å². The summed E-state index contributed by atoms with van der Waals surface area (Å²) in [5, 5.41) is 4.70. The summed E-state index contributed by atoms with van der Waals surface area (Å²) in [6.07, 6.45) is 2.31. The van der Waals surface area contributed by atoms with E-state index < -0.39 is 0 Å². The number of halogens is 2. The fourth-order valence-corrected chi connectivity index (χ4v) is 2.06. The monoisotopic (exact) mass is 289 g/mol. The van der Waals surface area contributed by atoms with Crippen LogP contribution in [0.2, 0.25) is 10.0 Å². The van der Waals surface area contributed by atoms with Gasteiger partial charge in [0.1, 0.15) is 11.9 Å². The number of hydrogen-bond donors (Lipinski definition) is 1. The summed E-state index contributed by atoms with van der Waals surface area (Å²) < 4.78 is 5.79. The summed E-state index contributed by atoms with van der Waals surface area (Å²) in [5.74, 6) is 0.642. The standard InChI is InChI=1S/C14H21Cl2NO/c1-4-12(5-2)17-9-10(3)18-14-8-11(15)6-7-13(14)16/h6-8,10,12,17H,4-5,9H2,1-3H3. The van der Waals surface area contributed by atoms with E-state index in [1.165, 1.54) is 0 Å². The second-order valence-corrected chi connectivity index (χ2v) is 5.27. The molecule has 1 aromatic carbocycles. The summed E-state index contributed by atoms with van der Waals surface area (Å²) >= 11 is 12.0. The van der Waals surface area contributed by atoms with E-state index in [4.69, 9.17) is 27.9 Å². The number of benzene rings is 1. The molecule has 0 amide bonds. The molecular weight excluding hydrogens is 269 g/mol. The fourth-order valence-electron chi connectivity index (χ4n) is 1.74. The molecule has 0 spiro atoms. The van der Waals surface area contributed by atoms with Gasteiger partial charge in [0.05, 0.1) is 5.02 Å². The molecular formula is C14H21Cl2NO. The third-order valence-corrected chi connectivity index (χ3v) is 3.45. The smallest absolute Gasteiger partial charge is 0.139 e. The van der Waals surface area contributed by atoms with Crippen molar-refractivity contribution in [3.8, 4) is 5.75 Å². The van der Waals surface area contributed by atoms with Crippen molar-refractivity contribution in [1.29, 1.82) is 0 Å². The first-order chi connectivity index (χ1) is 8.56. The third kappa shape index (κ3) is 5.05. The molecule has 2 nitrogen and oxygen atoms in total. The predicted octanol–water partition coefficient (Wildman–Crippen LogP) is 4.54. The van der Waals surface area contributed by atoms with Gasteiger partial charge in [-0.05, 0) is 31.9 Å². The Balaban J connectivity index is 2.48. The summed E-state index contributed by atoms with van der Waals surface area (Å²) in [6, 6.07) is 5.80. The van der Waals surface area contributed by atoms with E-state index in [0.717, 1.165) is 19.4 Å². The van der Waals surface area contributed by atoms with Crippen LogP contribution in [0.15, 0.2) is 18.2 Å². The quantitative estimate of drug-likeness (QED) is 0.796. The first kappa shape index (κ1) is 15.6. The van der Waals surface area contributed by atoms with Gasteiger partial charge in [0.2, 0.25) is 0 Å². The van der Waals surface area contributed by atoms with Crippen LogP contribution in [0.3, 0.4) is 0 Å². The zero-order valence-electron chi connectivity index (χ0n) is 11.2. The predicted molar refractivity (Wildman–Crippen MR) is 78.9 cm³/mol. The molecule has 1 rings (SSSR count). The van der Waals surface area contributed by atoms with Gasteiger partial charge in [0.15, 0.2) is 0 Å². The van der Waals surface area contributed by atoms with E-state index in [1.54, 1.807) is 18.2 Å². The van der Waals surface area contributed by atoms with E-state index in [2.05, 4.69) is 19.2 Å². The molecule has 0 heterocycles. The van der Waals surface area contributed by atoms with Crippen molar-refractivity contribution < 1.29 is 4.74 Å². The Labute approximate surface area is 120 Å². The van der Waals surface area contributed by atoms with Gasteiger partial charge in [-0.25, -0.2) is 0 Å². The van der Waals surface area contributed by atoms with Gasteiger partial charge < -0.3 is 10.1 Å². The molecule has 4 heteroatoms. The van der Waals surface area contributed by atoms with Gasteiger partial charge in [-0.3, -0.25) is 0 Å². The van der Waals surface area contributed by atoms with Crippen LogP contribution in [0.4, 0.5) is 0 Å². The van der Waals surface area contributed by atoms with Crippen LogP contribution in [-0.4, -0.2) is 18.7 Å². The second-order valence-electron chi connectivity index (χ2n) is 4.42. The molecule has 0 aromatic heterocycles. The molecule has 0 aliphatic heterocycles. The molecule has 1 aromatic rings. The number of nitrogens with one attached hydrogen (secondary N) is 1. The van der Waals surface area contributed by atoms with Gasteiger partial charge in [-0.2, -0.15) is 0 Å². The van der Waals surface area contributed by atoms with E-state index in [1.807, 2.05) is 6.92 Å². The first-order valence-corrected chi connectivity index (χ1v) is 7.17. The Morgan fingerprint density at radius 1 is 1.22 bits per heavy atom. The highest BCUT2D eigenvalue weighted by molar-refractivity contribution is 6.34. The van der Waals surface area contributed by atoms with E-state index in [9.17, 15) is 0 Å². The van der Waals surface area contributed by atoms with Crippen molar-refractivity contribution in [2.24, 2.45) is 0 Å². The molecule has 0 fully saturated rings. The highest BCUT2D eigenvalue weighted by Crippen LogP contribution is 2.28. The van der Waals surface area contributed by atoms with E-state index >= 15 is 0 Å². The SMILES string of the molecule is CCC(CC)NCC(C)Oc1cc(Cl)ccc1Cl. The molecule has 1 N–H and O–H groups in total. The Morgan fingerprint density at radius 3 is 2.50 bits per heavy atom. The molecule has 102 valence electrons. The highest BCUT2D eigenvalue weighted by Gasteiger charge is 2.10. The Hall–Kier alpha value is -0.440. The van der Waals surface area contributed by atoms with Gasteiger partial charge in [0, 0.05) is 23.7 Å². The molecule has 0 aliphatic carbocycles. The van der Waals surface area contributed by atoms with E-state index in [-0.39, 0.29) is 6.10 Å². The third-order valence-electron chi connectivity index (χ3n) is 2.90. The lowest BCUT2D eigenvalue weighted by Crippen LogP contribution is -2.36. The van der Waals surface area contributed by atoms with Crippen LogP contribution < -0.4 is 10.1 Å². The summed E-state index contributed by atoms with van der Waals surface area (Å²) in [4.78, 5) is 0. The maximum absolute atomic E-state index is 6.05. The molecule has 0 aliphatic rings. The zero-order chi connectivity index (χ0) is 13.5. The van der Waals surface area contributed by atoms with Crippen LogP contribution in [-0.2, 0) is 0 Å². The molecule has 1 unspecified atom stereocenters. The van der Waals surface area contributed by atoms with Crippen molar-refractivity contribution in [3.05, 3.63) is 28.2 Å². The summed E-state index contributed by atoms with van der Waals surface area (Å²) in [7, 11) is 0. The average molecular weight is 290 g/mol. The Kier molecular flexibility index (Phi) is 6.83. The van der Waals surface area contributed by atoms with Crippen LogP contribution in [0.25, 0.3) is 0 Å². The second kappa shape index (κ2) is 7.88. The van der Waals surface area contributed by atoms with E-state index in [0.29, 0.717) is 21.8 Å². The van der Waals surface area contributed by atoms with Crippen molar-refractivity contribution in [3.63, 3.8) is 0 Å². The lowest BCUT2D eigenvalue weighted by molar-refractivity contribution is 0.210. The molecule has 0 saturated carbocycles. The maximum Gasteiger partial charge on any atom is 0.139 e. The average Bonchev–Trinajstić information content (AvgIpc) is 2.35. The van der Waals surface area contributed by atoms with Crippen LogP contribution in [0, 0.1) is 0 Å². The zero-order valence-corrected chi connectivity index (χ0v) is 12.7. The topological polar surface area (TPSA) is 21.3 Å². The minimum absolute atomic E-state index is 0.0570. The van der Waals surface area contributed by atoms with Crippen LogP contribution in [0.1, 0.15) is 33.6 Å². The van der Waals surface area contributed by atoms with Crippen LogP contribution >= 0.6 is 23.2 Å². The fraction of sp³-hybridized carbons (Fsp3) is 0.571. The maximum atomic E-state index is 6.05. The van der Waals surface area contributed by atoms with Gasteiger partial charge >= 0.3 is 0 Å². The molecule has 0 saturated heterocycles. The Bertz CT molecular complexity index is 367. The lowest BCUT2D eigenvalue weighted by Gasteiger charge is -2.20. The number of rotatable bonds is 7. The first-order valence-electron chi connectivity index (χ1n) is 6.41. The van der Waals surface area contributed by atoms with Crippen molar-refractivity contribution >= 4 is 23.2 Å². The lowest BCUT2D eigenvalue weighted by atomic mass is 10.1. The molecule has 0 radical (unpaired) electrons. The Morgan fingerprint density at radius 2 is 1.89 bits per heavy atom. The molecule has 0 bridgehead atoms. The normalized spacial score (nSPS) is 12.8. The minimum Gasteiger partial charge on any atom is -0.488 e. The van der Waals surface area contributed by atoms with Gasteiger partial charge in [-0.15, -0.1) is 0 Å². The van der Waals surface area contributed by atoms with Crippen molar-refractivity contribution in [1.82, 2.24) is 5.32 Å². The summed E-state index contributed by atoms with van der Waals surface area (Å²) in [6.45, 7) is 7.18. The van der Waals surface area contributed by atoms with Crippen LogP contribution in [0.5, 0.6) is 5.75 Å². The number of hydrogen-bond acceptors (Lipinski definition) is 2. The molecule has 1 atom stereocenters. The summed E-state index contributed by atoms with van der Waals surface area (Å²) in [5.41, 5.74) is 0. The van der Waals surface area contributed by atoms with Gasteiger partial charge in [-0.1, -0.05) is 37.0 Å². The van der Waals surface area contributed by atoms with Gasteiger partial charge in [0.25, 0.3) is 0 Å².